The molecular formula is C18H10N2OS. The Labute approximate surface area is 128 Å². The molecule has 1 N–H and O–H groups in total. The molecule has 0 aliphatic heterocycles. The van der Waals surface area contributed by atoms with Crippen molar-refractivity contribution in [1.29, 1.82) is 0 Å². The van der Waals surface area contributed by atoms with E-state index in [0.717, 1.165) is 31.1 Å². The van der Waals surface area contributed by atoms with Gasteiger partial charge in [-0.1, -0.05) is 30.3 Å². The van der Waals surface area contributed by atoms with E-state index in [1.165, 1.54) is 10.8 Å². The second kappa shape index (κ2) is 4.15. The van der Waals surface area contributed by atoms with Crippen LogP contribution in [-0.2, 0) is 0 Å². The van der Waals surface area contributed by atoms with Gasteiger partial charge in [-0.2, -0.15) is 0 Å². The first-order valence-electron chi connectivity index (χ1n) is 7.03. The van der Waals surface area contributed by atoms with Gasteiger partial charge in [-0.3, -0.25) is 9.78 Å². The Kier molecular flexibility index (Phi) is 2.24. The van der Waals surface area contributed by atoms with E-state index in [4.69, 9.17) is 0 Å². The van der Waals surface area contributed by atoms with Crippen LogP contribution >= 0.6 is 11.3 Å². The molecule has 0 bridgehead atoms. The van der Waals surface area contributed by atoms with Gasteiger partial charge in [-0.25, -0.2) is 0 Å². The number of rotatable bonds is 0. The lowest BCUT2D eigenvalue weighted by Crippen LogP contribution is -2.04. The number of thiophene rings is 1. The van der Waals surface area contributed by atoms with Gasteiger partial charge >= 0.3 is 0 Å². The molecule has 0 atom stereocenters. The summed E-state index contributed by atoms with van der Waals surface area (Å²) >= 11 is 1.55. The monoisotopic (exact) mass is 302 g/mol. The molecule has 0 aliphatic carbocycles. The molecule has 3 heterocycles. The van der Waals surface area contributed by atoms with Crippen LogP contribution in [0.3, 0.4) is 0 Å². The topological polar surface area (TPSA) is 45.8 Å². The molecule has 0 radical (unpaired) electrons. The summed E-state index contributed by atoms with van der Waals surface area (Å²) in [7, 11) is 0. The molecule has 0 saturated carbocycles. The zero-order chi connectivity index (χ0) is 14.7. The summed E-state index contributed by atoms with van der Waals surface area (Å²) < 4.78 is 1.91. The number of hydrogen-bond donors (Lipinski definition) is 1. The number of hydrogen-bond acceptors (Lipinski definition) is 3. The molecule has 22 heavy (non-hydrogen) atoms. The van der Waals surface area contributed by atoms with Crippen LogP contribution in [0.4, 0.5) is 0 Å². The van der Waals surface area contributed by atoms with Crippen LogP contribution in [0.1, 0.15) is 0 Å². The number of nitrogens with zero attached hydrogens (tertiary/aromatic N) is 1. The molecule has 5 rings (SSSR count). The third-order valence-electron chi connectivity index (χ3n) is 4.12. The number of H-pyrrole nitrogens is 1. The Balaban J connectivity index is 2.22. The van der Waals surface area contributed by atoms with Gasteiger partial charge < -0.3 is 4.98 Å². The zero-order valence-electron chi connectivity index (χ0n) is 11.5. The van der Waals surface area contributed by atoms with Gasteiger partial charge in [-0.15, -0.1) is 11.3 Å². The molecule has 0 aliphatic rings. The molecule has 0 saturated heterocycles. The lowest BCUT2D eigenvalue weighted by atomic mass is 10.0. The Morgan fingerprint density at radius 3 is 2.82 bits per heavy atom. The summed E-state index contributed by atoms with van der Waals surface area (Å²) in [4.78, 5) is 19.6. The molecule has 0 spiro atoms. The van der Waals surface area contributed by atoms with Gasteiger partial charge in [0.2, 0.25) is 0 Å². The molecule has 0 unspecified atom stereocenters. The van der Waals surface area contributed by atoms with Gasteiger partial charge in [0, 0.05) is 33.3 Å². The fourth-order valence-corrected chi connectivity index (χ4v) is 4.30. The average molecular weight is 302 g/mol. The highest BCUT2D eigenvalue weighted by molar-refractivity contribution is 7.26. The molecule has 104 valence electrons. The van der Waals surface area contributed by atoms with Crippen molar-refractivity contribution in [3.05, 3.63) is 65.2 Å². The largest absolute Gasteiger partial charge is 0.321 e. The summed E-state index contributed by atoms with van der Waals surface area (Å²) in [5.74, 6) is 0. The Morgan fingerprint density at radius 2 is 1.86 bits per heavy atom. The van der Waals surface area contributed by atoms with Gasteiger partial charge in [0.25, 0.3) is 5.56 Å². The summed E-state index contributed by atoms with van der Waals surface area (Å²) in [5, 5.41) is 5.54. The number of aromatic amines is 1. The summed E-state index contributed by atoms with van der Waals surface area (Å²) in [6, 6.07) is 14.4. The molecule has 4 heteroatoms. The highest BCUT2D eigenvalue weighted by Gasteiger charge is 2.14. The highest BCUT2D eigenvalue weighted by atomic mass is 32.1. The highest BCUT2D eigenvalue weighted by Crippen LogP contribution is 2.39. The normalized spacial score (nSPS) is 11.8. The number of aromatic nitrogens is 2. The summed E-state index contributed by atoms with van der Waals surface area (Å²) in [6.45, 7) is 0. The van der Waals surface area contributed by atoms with Gasteiger partial charge in [0.1, 0.15) is 4.70 Å². The van der Waals surface area contributed by atoms with Gasteiger partial charge in [-0.05, 0) is 22.9 Å². The van der Waals surface area contributed by atoms with Crippen molar-refractivity contribution in [2.24, 2.45) is 0 Å². The van der Waals surface area contributed by atoms with Crippen molar-refractivity contribution in [2.45, 2.75) is 0 Å². The minimum atomic E-state index is -0.0287. The molecule has 5 aromatic rings. The van der Waals surface area contributed by atoms with Crippen LogP contribution in [0.5, 0.6) is 0 Å². The lowest BCUT2D eigenvalue weighted by molar-refractivity contribution is 1.31. The van der Waals surface area contributed by atoms with E-state index in [9.17, 15) is 4.79 Å². The molecule has 3 nitrogen and oxygen atoms in total. The molecule has 2 aromatic carbocycles. The van der Waals surface area contributed by atoms with Crippen molar-refractivity contribution in [3.63, 3.8) is 0 Å². The molecule has 0 fully saturated rings. The number of benzene rings is 2. The minimum absolute atomic E-state index is 0.0287. The van der Waals surface area contributed by atoms with Crippen molar-refractivity contribution < 1.29 is 0 Å². The van der Waals surface area contributed by atoms with E-state index in [-0.39, 0.29) is 5.56 Å². The van der Waals surface area contributed by atoms with Gasteiger partial charge in [0.05, 0.1) is 5.52 Å². The molecule has 0 amide bonds. The number of pyridine rings is 2. The predicted octanol–water partition coefficient (Wildman–Crippen LogP) is 4.44. The van der Waals surface area contributed by atoms with Crippen LogP contribution in [-0.4, -0.2) is 9.97 Å². The summed E-state index contributed by atoms with van der Waals surface area (Å²) in [5.41, 5.74) is 0.805. The number of nitrogens with one attached hydrogen (secondary N) is 1. The lowest BCUT2D eigenvalue weighted by Gasteiger charge is -2.02. The predicted molar refractivity (Wildman–Crippen MR) is 92.8 cm³/mol. The maximum absolute atomic E-state index is 12.4. The Morgan fingerprint density at radius 1 is 0.955 bits per heavy atom. The third-order valence-corrected chi connectivity index (χ3v) is 5.28. The molecular weight excluding hydrogens is 292 g/mol. The fraction of sp³-hybridized carbons (Fsp3) is 0. The van der Waals surface area contributed by atoms with Crippen LogP contribution < -0.4 is 5.56 Å². The first-order chi connectivity index (χ1) is 10.8. The van der Waals surface area contributed by atoms with E-state index in [1.54, 1.807) is 17.5 Å². The van der Waals surface area contributed by atoms with E-state index in [2.05, 4.69) is 34.2 Å². The Hall–Kier alpha value is -2.72. The number of fused-ring (bicyclic) bond motifs is 7. The van der Waals surface area contributed by atoms with Crippen LogP contribution in [0.25, 0.3) is 41.8 Å². The second-order valence-electron chi connectivity index (χ2n) is 5.34. The standard InChI is InChI=1S/C18H10N2OS/c21-18-17-16(12-9-19-8-7-13(12)20-18)15-11-4-2-1-3-10(11)5-6-14(15)22-17/h1-9H,(H,20,21). The quantitative estimate of drug-likeness (QED) is 0.459. The first-order valence-corrected chi connectivity index (χ1v) is 7.84. The van der Waals surface area contributed by atoms with Crippen LogP contribution in [0.15, 0.2) is 59.7 Å². The smallest absolute Gasteiger partial charge is 0.266 e. The van der Waals surface area contributed by atoms with Crippen molar-refractivity contribution >= 4 is 53.2 Å². The van der Waals surface area contributed by atoms with E-state index >= 15 is 0 Å². The average Bonchev–Trinajstić information content (AvgIpc) is 2.96. The molecule has 3 aromatic heterocycles. The van der Waals surface area contributed by atoms with E-state index < -0.39 is 0 Å². The van der Waals surface area contributed by atoms with E-state index in [1.807, 2.05) is 24.4 Å². The Bertz CT molecular complexity index is 1250. The van der Waals surface area contributed by atoms with Crippen molar-refractivity contribution in [2.75, 3.05) is 0 Å². The van der Waals surface area contributed by atoms with E-state index in [0.29, 0.717) is 0 Å². The van der Waals surface area contributed by atoms with Gasteiger partial charge in [0.15, 0.2) is 0 Å². The first kappa shape index (κ1) is 11.9. The van der Waals surface area contributed by atoms with Crippen molar-refractivity contribution in [3.8, 4) is 0 Å². The SMILES string of the molecule is O=c1[nH]c2ccncc2c2c1sc1ccc3ccccc3c12. The summed E-state index contributed by atoms with van der Waals surface area (Å²) in [6.07, 6.45) is 3.54. The van der Waals surface area contributed by atoms with Crippen molar-refractivity contribution in [1.82, 2.24) is 9.97 Å². The third kappa shape index (κ3) is 1.45. The fourth-order valence-electron chi connectivity index (χ4n) is 3.17. The maximum Gasteiger partial charge on any atom is 0.266 e. The second-order valence-corrected chi connectivity index (χ2v) is 6.39. The maximum atomic E-state index is 12.4. The van der Waals surface area contributed by atoms with Crippen LogP contribution in [0.2, 0.25) is 0 Å². The minimum Gasteiger partial charge on any atom is -0.321 e. The zero-order valence-corrected chi connectivity index (χ0v) is 12.3. The van der Waals surface area contributed by atoms with Crippen LogP contribution in [0, 0.1) is 0 Å².